The van der Waals surface area contributed by atoms with Crippen molar-refractivity contribution in [3.63, 3.8) is 0 Å². The largest absolute Gasteiger partial charge is 0.508 e. The summed E-state index contributed by atoms with van der Waals surface area (Å²) < 4.78 is 36.3. The van der Waals surface area contributed by atoms with Gasteiger partial charge in [0.15, 0.2) is 6.10 Å². The number of nitrogens with one attached hydrogen (secondary N) is 1. The zero-order valence-electron chi connectivity index (χ0n) is 22.4. The molecule has 11 heteroatoms. The van der Waals surface area contributed by atoms with Gasteiger partial charge in [-0.3, -0.25) is 14.4 Å². The highest BCUT2D eigenvalue weighted by Crippen LogP contribution is 2.57. The Hall–Kier alpha value is -4.25. The lowest BCUT2D eigenvalue weighted by molar-refractivity contribution is -0.193. The summed E-state index contributed by atoms with van der Waals surface area (Å²) in [6.45, 7) is 1.55. The maximum absolute atomic E-state index is 15.5. The van der Waals surface area contributed by atoms with Crippen LogP contribution in [0.25, 0.3) is 0 Å². The summed E-state index contributed by atoms with van der Waals surface area (Å²) in [5.41, 5.74) is -2.31. The van der Waals surface area contributed by atoms with Crippen molar-refractivity contribution >= 4 is 17.7 Å². The number of carbonyl (C=O) groups is 3. The van der Waals surface area contributed by atoms with Crippen molar-refractivity contribution in [1.82, 2.24) is 15.1 Å². The number of aliphatic hydroxyl groups is 1. The third kappa shape index (κ3) is 3.86. The van der Waals surface area contributed by atoms with E-state index in [-0.39, 0.29) is 24.3 Å². The van der Waals surface area contributed by atoms with Crippen molar-refractivity contribution in [2.75, 3.05) is 6.54 Å². The first-order chi connectivity index (χ1) is 19.4. The van der Waals surface area contributed by atoms with Gasteiger partial charge in [0.05, 0.1) is 24.9 Å². The first kappa shape index (κ1) is 26.9. The number of hydrogen-bond acceptors (Lipinski definition) is 6. The molecule has 214 valence electrons. The highest BCUT2D eigenvalue weighted by molar-refractivity contribution is 6.00. The molecule has 3 fully saturated rings. The third-order valence-electron chi connectivity index (χ3n) is 9.01. The van der Waals surface area contributed by atoms with Crippen molar-refractivity contribution < 1.29 is 37.8 Å². The summed E-state index contributed by atoms with van der Waals surface area (Å²) >= 11 is 0. The summed E-state index contributed by atoms with van der Waals surface area (Å²) in [7, 11) is 0. The summed E-state index contributed by atoms with van der Waals surface area (Å²) in [4.78, 5) is 42.1. The lowest BCUT2D eigenvalue weighted by atomic mass is 9.78. The van der Waals surface area contributed by atoms with Crippen LogP contribution in [-0.4, -0.2) is 73.4 Å². The molecule has 0 bridgehead atoms. The van der Waals surface area contributed by atoms with Crippen molar-refractivity contribution in [1.29, 1.82) is 0 Å². The van der Waals surface area contributed by atoms with Crippen LogP contribution in [0.2, 0.25) is 0 Å². The molecule has 0 radical (unpaired) electrons. The summed E-state index contributed by atoms with van der Waals surface area (Å²) in [6.07, 6.45) is -0.374. The van der Waals surface area contributed by atoms with Crippen LogP contribution in [0.5, 0.6) is 5.75 Å². The van der Waals surface area contributed by atoms with E-state index in [4.69, 9.17) is 4.42 Å². The van der Waals surface area contributed by atoms with Crippen molar-refractivity contribution in [2.45, 2.75) is 61.9 Å². The second-order valence-electron chi connectivity index (χ2n) is 11.2. The Bertz CT molecular complexity index is 1530. The number of benzene rings is 2. The van der Waals surface area contributed by atoms with Crippen molar-refractivity contribution in [2.24, 2.45) is 0 Å². The van der Waals surface area contributed by atoms with E-state index in [1.54, 1.807) is 49.4 Å². The average Bonchev–Trinajstić information content (AvgIpc) is 3.34. The smallest absolute Gasteiger partial charge is 0.290 e. The SMILES string of the molecule is Cc1c(O)cccc1C(=O)N[C@]1([C@H](O)C(=O)N2CC(F)(F)C3(C)[C@H]2C(=O)N3Cc2ccco2)CC1c1ccccc1. The third-order valence-corrected chi connectivity index (χ3v) is 9.01. The van der Waals surface area contributed by atoms with Crippen LogP contribution in [0.1, 0.15) is 46.5 Å². The number of carbonyl (C=O) groups excluding carboxylic acids is 3. The minimum Gasteiger partial charge on any atom is -0.508 e. The number of rotatable bonds is 7. The number of nitrogens with zero attached hydrogens (tertiary/aromatic N) is 2. The molecule has 1 aromatic heterocycles. The van der Waals surface area contributed by atoms with Crippen molar-refractivity contribution in [3.8, 4) is 5.75 Å². The number of aromatic hydroxyl groups is 1. The Morgan fingerprint density at radius 2 is 1.85 bits per heavy atom. The van der Waals surface area contributed by atoms with E-state index in [9.17, 15) is 24.6 Å². The highest BCUT2D eigenvalue weighted by atomic mass is 19.3. The number of β-lactam (4-membered cyclic amide) rings is 1. The molecule has 1 aliphatic carbocycles. The van der Waals surface area contributed by atoms with Gasteiger partial charge in [-0.05, 0) is 50.1 Å². The molecule has 3 heterocycles. The molecule has 2 aliphatic heterocycles. The number of amides is 3. The molecule has 1 saturated carbocycles. The van der Waals surface area contributed by atoms with Gasteiger partial charge in [-0.2, -0.15) is 0 Å². The predicted octanol–water partition coefficient (Wildman–Crippen LogP) is 2.96. The van der Waals surface area contributed by atoms with Gasteiger partial charge in [-0.15, -0.1) is 0 Å². The number of aliphatic hydroxyl groups excluding tert-OH is 1. The van der Waals surface area contributed by atoms with E-state index >= 15 is 8.78 Å². The number of phenols is 1. The van der Waals surface area contributed by atoms with Crippen LogP contribution in [0.15, 0.2) is 71.3 Å². The monoisotopic (exact) mass is 565 g/mol. The predicted molar refractivity (Wildman–Crippen MR) is 141 cm³/mol. The molecule has 5 atom stereocenters. The highest BCUT2D eigenvalue weighted by Gasteiger charge is 2.78. The number of alkyl halides is 2. The number of hydrogen-bond donors (Lipinski definition) is 3. The number of halogens is 2. The standard InChI is InChI=1S/C30H29F2N3O6/c1-17-20(11-6-12-22(17)36)25(38)33-29(14-21(29)18-8-4-3-5-9-18)24(37)27(40)34-16-30(31,32)28(2)23(34)26(39)35(28)15-19-10-7-13-41-19/h3-13,21,23-24,36-37H,14-16H2,1-2H3,(H,33,38)/t21?,23-,24-,28?,29-/m1/s1. The molecule has 9 nitrogen and oxygen atoms in total. The number of likely N-dealkylation sites (tertiary alicyclic amines) is 2. The lowest BCUT2D eigenvalue weighted by Gasteiger charge is -2.54. The van der Waals surface area contributed by atoms with Crippen LogP contribution in [0.4, 0.5) is 8.78 Å². The lowest BCUT2D eigenvalue weighted by Crippen LogP contribution is -2.78. The van der Waals surface area contributed by atoms with E-state index in [2.05, 4.69) is 5.32 Å². The molecule has 3 amide bonds. The molecule has 2 unspecified atom stereocenters. The minimum absolute atomic E-state index is 0.0973. The number of phenolic OH excluding ortho intramolecular Hbond substituents is 1. The molecule has 3 aliphatic rings. The quantitative estimate of drug-likeness (QED) is 0.379. The zero-order chi connectivity index (χ0) is 29.3. The molecular formula is C30H29F2N3O6. The van der Waals surface area contributed by atoms with Gasteiger partial charge in [0.2, 0.25) is 5.91 Å². The van der Waals surface area contributed by atoms with Crippen LogP contribution in [0.3, 0.4) is 0 Å². The van der Waals surface area contributed by atoms with Gasteiger partial charge in [-0.25, -0.2) is 8.78 Å². The summed E-state index contributed by atoms with van der Waals surface area (Å²) in [5.74, 6) is -6.10. The molecule has 0 spiro atoms. The maximum Gasteiger partial charge on any atom is 0.290 e. The van der Waals surface area contributed by atoms with Crippen LogP contribution < -0.4 is 5.32 Å². The second-order valence-corrected chi connectivity index (χ2v) is 11.2. The Morgan fingerprint density at radius 1 is 1.12 bits per heavy atom. The second kappa shape index (κ2) is 9.13. The van der Waals surface area contributed by atoms with Gasteiger partial charge < -0.3 is 29.7 Å². The molecule has 2 saturated heterocycles. The molecule has 41 heavy (non-hydrogen) atoms. The maximum atomic E-state index is 15.5. The normalized spacial score (nSPS) is 28.6. The summed E-state index contributed by atoms with van der Waals surface area (Å²) in [6, 6.07) is 15.0. The molecule has 3 N–H and O–H groups in total. The molecule has 6 rings (SSSR count). The van der Waals surface area contributed by atoms with Gasteiger partial charge >= 0.3 is 0 Å². The number of fused-ring (bicyclic) bond motifs is 1. The van der Waals surface area contributed by atoms with Gasteiger partial charge in [0.25, 0.3) is 17.7 Å². The van der Waals surface area contributed by atoms with E-state index < -0.39 is 59.3 Å². The van der Waals surface area contributed by atoms with E-state index in [0.717, 1.165) is 15.4 Å². The van der Waals surface area contributed by atoms with Crippen LogP contribution in [0, 0.1) is 6.92 Å². The number of furan rings is 1. The average molecular weight is 566 g/mol. The first-order valence-corrected chi connectivity index (χ1v) is 13.3. The zero-order valence-corrected chi connectivity index (χ0v) is 22.4. The fraction of sp³-hybridized carbons (Fsp3) is 0.367. The van der Waals surface area contributed by atoms with E-state index in [1.807, 2.05) is 0 Å². The van der Waals surface area contributed by atoms with Gasteiger partial charge in [0, 0.05) is 17.0 Å². The first-order valence-electron chi connectivity index (χ1n) is 13.3. The van der Waals surface area contributed by atoms with Crippen molar-refractivity contribution in [3.05, 3.63) is 89.4 Å². The molecule has 2 aromatic carbocycles. The fourth-order valence-electron chi connectivity index (χ4n) is 6.42. The Labute approximate surface area is 234 Å². The van der Waals surface area contributed by atoms with Gasteiger partial charge in [-0.1, -0.05) is 36.4 Å². The molecule has 3 aromatic rings. The Morgan fingerprint density at radius 3 is 2.54 bits per heavy atom. The Balaban J connectivity index is 1.30. The van der Waals surface area contributed by atoms with Crippen LogP contribution in [-0.2, 0) is 16.1 Å². The van der Waals surface area contributed by atoms with Crippen LogP contribution >= 0.6 is 0 Å². The van der Waals surface area contributed by atoms with E-state index in [1.165, 1.54) is 31.4 Å². The Kier molecular flexibility index (Phi) is 6.00. The molecular weight excluding hydrogens is 536 g/mol. The fourth-order valence-corrected chi connectivity index (χ4v) is 6.42. The minimum atomic E-state index is -3.47. The summed E-state index contributed by atoms with van der Waals surface area (Å²) in [5, 5.41) is 24.4. The van der Waals surface area contributed by atoms with E-state index in [0.29, 0.717) is 11.3 Å². The van der Waals surface area contributed by atoms with Gasteiger partial charge in [0.1, 0.15) is 23.1 Å². The topological polar surface area (TPSA) is 123 Å².